The number of hydrogen-bond acceptors (Lipinski definition) is 4. The first-order valence-electron chi connectivity index (χ1n) is 8.05. The normalized spacial score (nSPS) is 10.3. The van der Waals surface area contributed by atoms with E-state index in [-0.39, 0.29) is 12.5 Å². The number of nitrogens with one attached hydrogen (secondary N) is 2. The van der Waals surface area contributed by atoms with Crippen molar-refractivity contribution in [2.24, 2.45) is 0 Å². The number of aryl methyl sites for hydroxylation is 1. The molecule has 26 heavy (non-hydrogen) atoms. The molecule has 0 saturated heterocycles. The SMILES string of the molecule is Cc1ccc(-c2n[nH]c(=S)n2CC(=O)NCc2ccc(C#N)cc2)cc1. The van der Waals surface area contributed by atoms with E-state index in [9.17, 15) is 4.79 Å². The lowest BCUT2D eigenvalue weighted by molar-refractivity contribution is -0.121. The number of nitrogens with zero attached hydrogens (tertiary/aromatic N) is 3. The number of carbonyl (C=O) groups is 1. The van der Waals surface area contributed by atoms with Gasteiger partial charge in [0.15, 0.2) is 10.6 Å². The van der Waals surface area contributed by atoms with Gasteiger partial charge in [-0.1, -0.05) is 42.0 Å². The zero-order valence-electron chi connectivity index (χ0n) is 14.2. The number of carbonyl (C=O) groups excluding carboxylic acids is 1. The van der Waals surface area contributed by atoms with Crippen molar-refractivity contribution >= 4 is 18.1 Å². The second-order valence-electron chi connectivity index (χ2n) is 5.89. The highest BCUT2D eigenvalue weighted by atomic mass is 32.1. The van der Waals surface area contributed by atoms with Crippen LogP contribution in [0.5, 0.6) is 0 Å². The minimum absolute atomic E-state index is 0.0782. The van der Waals surface area contributed by atoms with E-state index in [4.69, 9.17) is 17.5 Å². The summed E-state index contributed by atoms with van der Waals surface area (Å²) in [4.78, 5) is 12.3. The molecule has 7 heteroatoms. The van der Waals surface area contributed by atoms with Crippen molar-refractivity contribution in [2.45, 2.75) is 20.0 Å². The van der Waals surface area contributed by atoms with Gasteiger partial charge in [-0.3, -0.25) is 14.5 Å². The van der Waals surface area contributed by atoms with Crippen molar-refractivity contribution in [3.05, 3.63) is 70.0 Å². The lowest BCUT2D eigenvalue weighted by Crippen LogP contribution is -2.27. The Morgan fingerprint density at radius 3 is 2.58 bits per heavy atom. The molecular formula is C19H17N5OS. The van der Waals surface area contributed by atoms with Gasteiger partial charge in [-0.05, 0) is 36.8 Å². The molecule has 6 nitrogen and oxygen atoms in total. The monoisotopic (exact) mass is 363 g/mol. The van der Waals surface area contributed by atoms with Crippen molar-refractivity contribution in [1.82, 2.24) is 20.1 Å². The lowest BCUT2D eigenvalue weighted by Gasteiger charge is -2.09. The molecule has 1 aromatic heterocycles. The van der Waals surface area contributed by atoms with E-state index >= 15 is 0 Å². The van der Waals surface area contributed by atoms with E-state index in [0.717, 1.165) is 16.7 Å². The quantitative estimate of drug-likeness (QED) is 0.682. The first-order valence-corrected chi connectivity index (χ1v) is 8.45. The van der Waals surface area contributed by atoms with Crippen LogP contribution in [0, 0.1) is 23.0 Å². The summed E-state index contributed by atoms with van der Waals surface area (Å²) < 4.78 is 2.07. The maximum absolute atomic E-state index is 12.3. The first kappa shape index (κ1) is 17.6. The molecule has 2 N–H and O–H groups in total. The van der Waals surface area contributed by atoms with Gasteiger partial charge in [-0.25, -0.2) is 0 Å². The van der Waals surface area contributed by atoms with Crippen molar-refractivity contribution in [1.29, 1.82) is 5.26 Å². The van der Waals surface area contributed by atoms with Crippen LogP contribution in [0.1, 0.15) is 16.7 Å². The minimum Gasteiger partial charge on any atom is -0.350 e. The molecule has 130 valence electrons. The lowest BCUT2D eigenvalue weighted by atomic mass is 10.1. The van der Waals surface area contributed by atoms with Gasteiger partial charge in [0.25, 0.3) is 0 Å². The fraction of sp³-hybridized carbons (Fsp3) is 0.158. The number of amides is 1. The van der Waals surface area contributed by atoms with Crippen molar-refractivity contribution in [2.75, 3.05) is 0 Å². The molecule has 3 rings (SSSR count). The predicted molar refractivity (Wildman–Crippen MR) is 101 cm³/mol. The highest BCUT2D eigenvalue weighted by Gasteiger charge is 2.12. The second-order valence-corrected chi connectivity index (χ2v) is 6.28. The molecule has 0 unspecified atom stereocenters. The Balaban J connectivity index is 1.69. The summed E-state index contributed by atoms with van der Waals surface area (Å²) >= 11 is 5.26. The molecular weight excluding hydrogens is 346 g/mol. The summed E-state index contributed by atoms with van der Waals surface area (Å²) in [5.74, 6) is 0.462. The Morgan fingerprint density at radius 2 is 1.92 bits per heavy atom. The fourth-order valence-electron chi connectivity index (χ4n) is 2.48. The van der Waals surface area contributed by atoms with Gasteiger partial charge in [0.05, 0.1) is 11.6 Å². The number of nitriles is 1. The van der Waals surface area contributed by atoms with Gasteiger partial charge >= 0.3 is 0 Å². The molecule has 0 aliphatic carbocycles. The zero-order valence-corrected chi connectivity index (χ0v) is 15.0. The summed E-state index contributed by atoms with van der Waals surface area (Å²) in [7, 11) is 0. The third-order valence-electron chi connectivity index (χ3n) is 3.94. The van der Waals surface area contributed by atoms with Gasteiger partial charge in [-0.15, -0.1) is 0 Å². The van der Waals surface area contributed by atoms with Crippen LogP contribution >= 0.6 is 12.2 Å². The van der Waals surface area contributed by atoms with Gasteiger partial charge < -0.3 is 5.32 Å². The van der Waals surface area contributed by atoms with E-state index in [1.165, 1.54) is 0 Å². The van der Waals surface area contributed by atoms with Crippen LogP contribution in [0.2, 0.25) is 0 Å². The van der Waals surface area contributed by atoms with Crippen LogP contribution in [0.4, 0.5) is 0 Å². The molecule has 0 aliphatic heterocycles. The molecule has 2 aromatic carbocycles. The average Bonchev–Trinajstić information content (AvgIpc) is 3.01. The largest absolute Gasteiger partial charge is 0.350 e. The van der Waals surface area contributed by atoms with Gasteiger partial charge in [0.2, 0.25) is 5.91 Å². The van der Waals surface area contributed by atoms with E-state index < -0.39 is 0 Å². The highest BCUT2D eigenvalue weighted by molar-refractivity contribution is 7.71. The third-order valence-corrected chi connectivity index (χ3v) is 4.25. The average molecular weight is 363 g/mol. The summed E-state index contributed by atoms with van der Waals surface area (Å²) in [6.07, 6.45) is 0. The molecule has 0 atom stereocenters. The number of benzene rings is 2. The molecule has 0 radical (unpaired) electrons. The Labute approximate surface area is 156 Å². The van der Waals surface area contributed by atoms with E-state index in [2.05, 4.69) is 21.6 Å². The summed E-state index contributed by atoms with van der Waals surface area (Å²) in [5, 5.41) is 18.7. The first-order chi connectivity index (χ1) is 12.6. The van der Waals surface area contributed by atoms with Crippen molar-refractivity contribution in [3.63, 3.8) is 0 Å². The van der Waals surface area contributed by atoms with Gasteiger partial charge in [-0.2, -0.15) is 10.4 Å². The molecule has 0 aliphatic rings. The van der Waals surface area contributed by atoms with Crippen LogP contribution in [-0.4, -0.2) is 20.7 Å². The molecule has 3 aromatic rings. The van der Waals surface area contributed by atoms with Gasteiger partial charge in [0.1, 0.15) is 6.54 Å². The fourth-order valence-corrected chi connectivity index (χ4v) is 2.68. The van der Waals surface area contributed by atoms with Crippen molar-refractivity contribution < 1.29 is 4.79 Å². The summed E-state index contributed by atoms with van der Waals surface area (Å²) in [6, 6.07) is 17.0. The Morgan fingerprint density at radius 1 is 1.23 bits per heavy atom. The Hall–Kier alpha value is -3.24. The summed E-state index contributed by atoms with van der Waals surface area (Å²) in [6.45, 7) is 2.47. The Kier molecular flexibility index (Phi) is 5.25. The smallest absolute Gasteiger partial charge is 0.240 e. The minimum atomic E-state index is -0.166. The van der Waals surface area contributed by atoms with Crippen molar-refractivity contribution in [3.8, 4) is 17.5 Å². The van der Waals surface area contributed by atoms with Crippen LogP contribution in [0.15, 0.2) is 48.5 Å². The van der Waals surface area contributed by atoms with Crippen LogP contribution < -0.4 is 5.32 Å². The van der Waals surface area contributed by atoms with Crippen LogP contribution in [-0.2, 0) is 17.9 Å². The number of aromatic amines is 1. The number of H-pyrrole nitrogens is 1. The molecule has 0 saturated carbocycles. The predicted octanol–water partition coefficient (Wildman–Crippen LogP) is 3.10. The Bertz CT molecular complexity index is 1010. The zero-order chi connectivity index (χ0) is 18.5. The molecule has 1 amide bonds. The molecule has 0 spiro atoms. The third kappa shape index (κ3) is 4.05. The second kappa shape index (κ2) is 7.76. The number of hydrogen-bond donors (Lipinski definition) is 2. The molecule has 0 bridgehead atoms. The molecule has 1 heterocycles. The van der Waals surface area contributed by atoms with E-state index in [1.807, 2.05) is 43.3 Å². The molecule has 0 fully saturated rings. The maximum Gasteiger partial charge on any atom is 0.240 e. The van der Waals surface area contributed by atoms with Gasteiger partial charge in [0, 0.05) is 12.1 Å². The van der Waals surface area contributed by atoms with E-state index in [0.29, 0.717) is 22.7 Å². The number of rotatable bonds is 5. The highest BCUT2D eigenvalue weighted by Crippen LogP contribution is 2.17. The van der Waals surface area contributed by atoms with Crippen LogP contribution in [0.3, 0.4) is 0 Å². The maximum atomic E-state index is 12.3. The van der Waals surface area contributed by atoms with Crippen LogP contribution in [0.25, 0.3) is 11.4 Å². The standard InChI is InChI=1S/C19H17N5OS/c1-13-2-8-16(9-3-13)18-22-23-19(26)24(18)12-17(25)21-11-15-6-4-14(10-20)5-7-15/h2-9H,11-12H2,1H3,(H,21,25)(H,23,26). The number of aromatic nitrogens is 3. The topological polar surface area (TPSA) is 86.5 Å². The summed E-state index contributed by atoms with van der Waals surface area (Å²) in [5.41, 5.74) is 3.55. The van der Waals surface area contributed by atoms with E-state index in [1.54, 1.807) is 16.7 Å².